The Bertz CT molecular complexity index is 854. The van der Waals surface area contributed by atoms with E-state index in [4.69, 9.17) is 4.74 Å². The molecule has 0 saturated heterocycles. The molecule has 1 unspecified atom stereocenters. The van der Waals surface area contributed by atoms with Crippen LogP contribution in [0.1, 0.15) is 44.6 Å². The topological polar surface area (TPSA) is 75.7 Å². The number of nitrogens with one attached hydrogen (secondary N) is 1. The molecule has 1 aliphatic carbocycles. The number of benzene rings is 1. The number of esters is 1. The van der Waals surface area contributed by atoms with E-state index in [1.165, 1.54) is 6.07 Å². The summed E-state index contributed by atoms with van der Waals surface area (Å²) in [6, 6.07) is 3.21. The molecular weight excluding hydrogens is 433 g/mol. The van der Waals surface area contributed by atoms with Gasteiger partial charge in [0.1, 0.15) is 0 Å². The van der Waals surface area contributed by atoms with E-state index in [0.29, 0.717) is 10.8 Å². The summed E-state index contributed by atoms with van der Waals surface area (Å²) in [5.74, 6) is -0.920. The van der Waals surface area contributed by atoms with Crippen molar-refractivity contribution in [3.8, 4) is 0 Å². The lowest BCUT2D eigenvalue weighted by molar-refractivity contribution is -0.152. The number of anilines is 1. The Hall–Kier alpha value is -2.23. The summed E-state index contributed by atoms with van der Waals surface area (Å²) >= 11 is 1.00. The van der Waals surface area contributed by atoms with Crippen LogP contribution in [0.5, 0.6) is 0 Å². The zero-order chi connectivity index (χ0) is 22.8. The van der Waals surface area contributed by atoms with Crippen LogP contribution in [-0.2, 0) is 25.3 Å². The number of amides is 2. The van der Waals surface area contributed by atoms with Crippen molar-refractivity contribution >= 4 is 35.2 Å². The fourth-order valence-corrected chi connectivity index (χ4v) is 4.82. The second kappa shape index (κ2) is 9.50. The van der Waals surface area contributed by atoms with Crippen LogP contribution in [0.3, 0.4) is 0 Å². The Kier molecular flexibility index (Phi) is 7.18. The molecule has 1 saturated carbocycles. The first-order chi connectivity index (χ1) is 14.5. The number of carbonyl (C=O) groups is 3. The second-order valence-corrected chi connectivity index (χ2v) is 9.33. The normalized spacial score (nSPS) is 23.5. The van der Waals surface area contributed by atoms with Crippen LogP contribution in [0.4, 0.5) is 18.9 Å². The first kappa shape index (κ1) is 23.4. The predicted octanol–water partition coefficient (Wildman–Crippen LogP) is 4.09. The maximum atomic E-state index is 12.8. The number of thioether (sulfide) groups is 1. The number of nitrogens with zero attached hydrogens (tertiary/aromatic N) is 1. The van der Waals surface area contributed by atoms with Crippen molar-refractivity contribution in [1.82, 2.24) is 4.90 Å². The summed E-state index contributed by atoms with van der Waals surface area (Å²) in [6.07, 6.45) is -0.836. The minimum atomic E-state index is -4.51. The number of fused-ring (bicyclic) bond motifs is 1. The van der Waals surface area contributed by atoms with Gasteiger partial charge in [0.25, 0.3) is 5.91 Å². The minimum Gasteiger partial charge on any atom is -0.456 e. The zero-order valence-electron chi connectivity index (χ0n) is 17.3. The van der Waals surface area contributed by atoms with Gasteiger partial charge in [-0.05, 0) is 49.8 Å². The van der Waals surface area contributed by atoms with E-state index in [1.807, 2.05) is 0 Å². The van der Waals surface area contributed by atoms with Crippen LogP contribution >= 0.6 is 11.8 Å². The molecule has 1 heterocycles. The average Bonchev–Trinajstić information content (AvgIpc) is 2.71. The molecule has 1 N–H and O–H groups in total. The Labute approximate surface area is 182 Å². The van der Waals surface area contributed by atoms with Crippen LogP contribution in [-0.4, -0.2) is 47.6 Å². The van der Waals surface area contributed by atoms with E-state index in [9.17, 15) is 27.6 Å². The number of likely N-dealkylation sites (N-methyl/N-ethyl adjacent to an activating group) is 1. The van der Waals surface area contributed by atoms with Crippen molar-refractivity contribution in [3.05, 3.63) is 23.8 Å². The van der Waals surface area contributed by atoms with Gasteiger partial charge in [0.15, 0.2) is 6.61 Å². The number of hydrogen-bond donors (Lipinski definition) is 1. The lowest BCUT2D eigenvalue weighted by atomic mass is 9.87. The van der Waals surface area contributed by atoms with Crippen LogP contribution in [0.15, 0.2) is 23.1 Å². The van der Waals surface area contributed by atoms with Crippen LogP contribution in [0, 0.1) is 5.92 Å². The minimum absolute atomic E-state index is 0.0630. The van der Waals surface area contributed by atoms with Gasteiger partial charge < -0.3 is 15.0 Å². The lowest BCUT2D eigenvalue weighted by Crippen LogP contribution is -2.41. The van der Waals surface area contributed by atoms with E-state index in [-0.39, 0.29) is 24.1 Å². The van der Waals surface area contributed by atoms with E-state index < -0.39 is 35.5 Å². The highest BCUT2D eigenvalue weighted by molar-refractivity contribution is 8.01. The molecule has 1 aromatic carbocycles. The third kappa shape index (κ3) is 5.93. The Morgan fingerprint density at radius 3 is 2.55 bits per heavy atom. The second-order valence-electron chi connectivity index (χ2n) is 8.09. The van der Waals surface area contributed by atoms with Crippen molar-refractivity contribution in [2.45, 2.75) is 61.4 Å². The van der Waals surface area contributed by atoms with Crippen molar-refractivity contribution in [2.24, 2.45) is 5.92 Å². The van der Waals surface area contributed by atoms with Gasteiger partial charge in [0.2, 0.25) is 5.91 Å². The number of ether oxygens (including phenoxy) is 1. The molecular formula is C21H25F3N2O4S. The van der Waals surface area contributed by atoms with Gasteiger partial charge in [0, 0.05) is 18.0 Å². The highest BCUT2D eigenvalue weighted by atomic mass is 32.2. The van der Waals surface area contributed by atoms with Crippen LogP contribution in [0.25, 0.3) is 0 Å². The van der Waals surface area contributed by atoms with E-state index in [1.54, 1.807) is 11.9 Å². The molecule has 6 nitrogen and oxygen atoms in total. The summed E-state index contributed by atoms with van der Waals surface area (Å²) in [7, 11) is 1.70. The smallest absolute Gasteiger partial charge is 0.416 e. The summed E-state index contributed by atoms with van der Waals surface area (Å²) in [5, 5.41) is 1.57. The SMILES string of the molecule is CC1CCC(N(C)C(=O)COC(=O)CC2Sc3ccc(C(F)(F)F)cc3NC2=O)CC1. The van der Waals surface area contributed by atoms with Crippen molar-refractivity contribution in [3.63, 3.8) is 0 Å². The molecule has 1 aromatic rings. The fraction of sp³-hybridized carbons (Fsp3) is 0.571. The molecule has 1 aliphatic heterocycles. The molecule has 1 fully saturated rings. The molecule has 3 rings (SSSR count). The predicted molar refractivity (Wildman–Crippen MR) is 109 cm³/mol. The van der Waals surface area contributed by atoms with Crippen molar-refractivity contribution < 1.29 is 32.3 Å². The van der Waals surface area contributed by atoms with Gasteiger partial charge in [-0.25, -0.2) is 0 Å². The fourth-order valence-electron chi connectivity index (χ4n) is 3.75. The maximum absolute atomic E-state index is 12.8. The zero-order valence-corrected chi connectivity index (χ0v) is 18.1. The quantitative estimate of drug-likeness (QED) is 0.673. The molecule has 10 heteroatoms. The number of halogens is 3. The van der Waals surface area contributed by atoms with Gasteiger partial charge in [-0.1, -0.05) is 6.92 Å². The van der Waals surface area contributed by atoms with Crippen molar-refractivity contribution in [2.75, 3.05) is 19.0 Å². The molecule has 0 bridgehead atoms. The molecule has 2 aliphatic rings. The standard InChI is InChI=1S/C21H25F3N2O4S/c1-12-3-6-14(7-4-12)26(2)18(27)11-30-19(28)10-17-20(29)25-15-9-13(21(22,23)24)5-8-16(15)31-17/h5,8-9,12,14,17H,3-4,6-7,10-11H2,1-2H3,(H,25,29). The Morgan fingerprint density at radius 2 is 1.90 bits per heavy atom. The lowest BCUT2D eigenvalue weighted by Gasteiger charge is -2.33. The molecule has 2 amide bonds. The summed E-state index contributed by atoms with van der Waals surface area (Å²) < 4.78 is 43.6. The molecule has 0 aromatic heterocycles. The number of alkyl halides is 3. The third-order valence-electron chi connectivity index (χ3n) is 5.76. The maximum Gasteiger partial charge on any atom is 0.416 e. The van der Waals surface area contributed by atoms with Crippen LogP contribution < -0.4 is 5.32 Å². The van der Waals surface area contributed by atoms with Crippen LogP contribution in [0.2, 0.25) is 0 Å². The molecule has 1 atom stereocenters. The molecule has 0 radical (unpaired) electrons. The largest absolute Gasteiger partial charge is 0.456 e. The number of hydrogen-bond acceptors (Lipinski definition) is 5. The summed E-state index contributed by atoms with van der Waals surface area (Å²) in [6.45, 7) is 1.79. The van der Waals surface area contributed by atoms with Crippen molar-refractivity contribution in [1.29, 1.82) is 0 Å². The number of carbonyl (C=O) groups excluding carboxylic acids is 3. The number of rotatable bonds is 5. The molecule has 31 heavy (non-hydrogen) atoms. The highest BCUT2D eigenvalue weighted by Gasteiger charge is 2.35. The van der Waals surface area contributed by atoms with E-state index >= 15 is 0 Å². The van der Waals surface area contributed by atoms with Gasteiger partial charge in [0.05, 0.1) is 22.9 Å². The Morgan fingerprint density at radius 1 is 1.23 bits per heavy atom. The first-order valence-electron chi connectivity index (χ1n) is 10.1. The van der Waals surface area contributed by atoms with E-state index in [0.717, 1.165) is 49.6 Å². The third-order valence-corrected chi connectivity index (χ3v) is 7.04. The summed E-state index contributed by atoms with van der Waals surface area (Å²) in [4.78, 5) is 38.8. The highest BCUT2D eigenvalue weighted by Crippen LogP contribution is 2.40. The average molecular weight is 459 g/mol. The molecule has 170 valence electrons. The van der Waals surface area contributed by atoms with Gasteiger partial charge in [-0.3, -0.25) is 14.4 Å². The van der Waals surface area contributed by atoms with Gasteiger partial charge in [-0.15, -0.1) is 11.8 Å². The first-order valence-corrected chi connectivity index (χ1v) is 11.0. The Balaban J connectivity index is 1.50. The van der Waals surface area contributed by atoms with E-state index in [2.05, 4.69) is 12.2 Å². The van der Waals surface area contributed by atoms with Gasteiger partial charge in [-0.2, -0.15) is 13.2 Å². The molecule has 0 spiro atoms. The summed E-state index contributed by atoms with van der Waals surface area (Å²) in [5.41, 5.74) is -0.798. The van der Waals surface area contributed by atoms with Gasteiger partial charge >= 0.3 is 12.1 Å². The monoisotopic (exact) mass is 458 g/mol.